The molecule has 0 fully saturated rings. The quantitative estimate of drug-likeness (QED) is 0.727. The third kappa shape index (κ3) is 1.81. The molecule has 3 aromatic rings. The van der Waals surface area contributed by atoms with Gasteiger partial charge >= 0.3 is 0 Å². The van der Waals surface area contributed by atoms with Crippen LogP contribution in [0.1, 0.15) is 22.7 Å². The maximum Gasteiger partial charge on any atom is 0.0569 e. The maximum atomic E-state index is 6.37. The van der Waals surface area contributed by atoms with Gasteiger partial charge in [-0.3, -0.25) is 0 Å². The van der Waals surface area contributed by atoms with E-state index in [-0.39, 0.29) is 6.04 Å². The summed E-state index contributed by atoms with van der Waals surface area (Å²) in [7, 11) is 0. The summed E-state index contributed by atoms with van der Waals surface area (Å²) < 4.78 is 2.10. The van der Waals surface area contributed by atoms with Gasteiger partial charge in [0.15, 0.2) is 0 Å². The van der Waals surface area contributed by atoms with E-state index in [0.717, 1.165) is 5.56 Å². The lowest BCUT2D eigenvalue weighted by Gasteiger charge is -2.12. The molecule has 2 aromatic heterocycles. The van der Waals surface area contributed by atoms with E-state index in [1.807, 2.05) is 30.5 Å². The molecule has 0 spiro atoms. The van der Waals surface area contributed by atoms with Gasteiger partial charge in [-0.1, -0.05) is 30.3 Å². The third-order valence-corrected chi connectivity index (χ3v) is 3.41. The zero-order valence-corrected chi connectivity index (χ0v) is 10.4. The molecule has 0 amide bonds. The summed E-state index contributed by atoms with van der Waals surface area (Å²) >= 11 is 0. The Morgan fingerprint density at radius 1 is 1.06 bits per heavy atom. The van der Waals surface area contributed by atoms with Gasteiger partial charge in [0.2, 0.25) is 0 Å². The van der Waals surface area contributed by atoms with E-state index in [9.17, 15) is 0 Å². The van der Waals surface area contributed by atoms with Crippen LogP contribution in [0.5, 0.6) is 0 Å². The zero-order chi connectivity index (χ0) is 12.5. The standard InChI is InChI=1S/C16H16N2/c1-12-6-2-3-8-15(12)16(17)13-10-14-7-4-5-9-18(14)11-13/h2-11,16H,17H2,1H3. The van der Waals surface area contributed by atoms with Crippen molar-refractivity contribution >= 4 is 5.52 Å². The van der Waals surface area contributed by atoms with Gasteiger partial charge in [0.1, 0.15) is 0 Å². The molecule has 3 rings (SSSR count). The second-order valence-electron chi connectivity index (χ2n) is 4.64. The number of benzene rings is 1. The van der Waals surface area contributed by atoms with E-state index in [1.54, 1.807) is 0 Å². The molecule has 0 radical (unpaired) electrons. The Balaban J connectivity index is 2.07. The van der Waals surface area contributed by atoms with E-state index < -0.39 is 0 Å². The number of pyridine rings is 1. The van der Waals surface area contributed by atoms with Crippen molar-refractivity contribution in [1.82, 2.24) is 4.40 Å². The van der Waals surface area contributed by atoms with Crippen molar-refractivity contribution in [2.45, 2.75) is 13.0 Å². The van der Waals surface area contributed by atoms with Gasteiger partial charge in [-0.2, -0.15) is 0 Å². The Morgan fingerprint density at radius 3 is 2.61 bits per heavy atom. The van der Waals surface area contributed by atoms with Crippen molar-refractivity contribution in [2.75, 3.05) is 0 Å². The predicted molar refractivity (Wildman–Crippen MR) is 74.6 cm³/mol. The average Bonchev–Trinajstić information content (AvgIpc) is 2.82. The van der Waals surface area contributed by atoms with Crippen LogP contribution >= 0.6 is 0 Å². The molecule has 1 unspecified atom stereocenters. The summed E-state index contributed by atoms with van der Waals surface area (Å²) in [5.74, 6) is 0. The molecule has 1 atom stereocenters. The Labute approximate surface area is 107 Å². The lowest BCUT2D eigenvalue weighted by atomic mass is 9.98. The summed E-state index contributed by atoms with van der Waals surface area (Å²) in [6, 6.07) is 16.5. The molecule has 0 aliphatic rings. The Hall–Kier alpha value is -2.06. The Morgan fingerprint density at radius 2 is 1.83 bits per heavy atom. The molecule has 1 aromatic carbocycles. The highest BCUT2D eigenvalue weighted by Gasteiger charge is 2.12. The fourth-order valence-corrected chi connectivity index (χ4v) is 2.36. The molecule has 0 bridgehead atoms. The van der Waals surface area contributed by atoms with Gasteiger partial charge in [0, 0.05) is 17.9 Å². The number of nitrogens with zero attached hydrogens (tertiary/aromatic N) is 1. The molecule has 18 heavy (non-hydrogen) atoms. The van der Waals surface area contributed by atoms with E-state index in [2.05, 4.69) is 41.8 Å². The summed E-state index contributed by atoms with van der Waals surface area (Å²) in [6.45, 7) is 2.10. The van der Waals surface area contributed by atoms with Crippen molar-refractivity contribution in [3.8, 4) is 0 Å². The van der Waals surface area contributed by atoms with Crippen molar-refractivity contribution in [3.63, 3.8) is 0 Å². The number of hydrogen-bond donors (Lipinski definition) is 1. The predicted octanol–water partition coefficient (Wildman–Crippen LogP) is 3.30. The van der Waals surface area contributed by atoms with Crippen LogP contribution in [0, 0.1) is 6.92 Å². The minimum absolute atomic E-state index is 0.0638. The molecule has 2 heteroatoms. The normalized spacial score (nSPS) is 12.8. The van der Waals surface area contributed by atoms with E-state index in [0.29, 0.717) is 0 Å². The van der Waals surface area contributed by atoms with Crippen LogP contribution in [-0.4, -0.2) is 4.40 Å². The highest BCUT2D eigenvalue weighted by atomic mass is 14.9. The summed E-state index contributed by atoms with van der Waals surface area (Å²) in [4.78, 5) is 0. The second kappa shape index (κ2) is 4.31. The van der Waals surface area contributed by atoms with Gasteiger partial charge in [0.05, 0.1) is 6.04 Å². The molecule has 0 aliphatic carbocycles. The highest BCUT2D eigenvalue weighted by molar-refractivity contribution is 5.52. The van der Waals surface area contributed by atoms with Crippen molar-refractivity contribution in [2.24, 2.45) is 5.73 Å². The first-order valence-electron chi connectivity index (χ1n) is 6.13. The smallest absolute Gasteiger partial charge is 0.0569 e. The van der Waals surface area contributed by atoms with Crippen molar-refractivity contribution in [3.05, 3.63) is 77.6 Å². The summed E-state index contributed by atoms with van der Waals surface area (Å²) in [5.41, 5.74) is 11.1. The Bertz CT molecular complexity index is 649. The number of fused-ring (bicyclic) bond motifs is 1. The van der Waals surface area contributed by atoms with Gasteiger partial charge in [-0.05, 0) is 41.8 Å². The minimum Gasteiger partial charge on any atom is -0.324 e. The van der Waals surface area contributed by atoms with Crippen molar-refractivity contribution in [1.29, 1.82) is 0 Å². The van der Waals surface area contributed by atoms with E-state index >= 15 is 0 Å². The number of nitrogens with two attached hydrogens (primary N) is 1. The number of aryl methyl sites for hydroxylation is 1. The zero-order valence-electron chi connectivity index (χ0n) is 10.4. The van der Waals surface area contributed by atoms with Gasteiger partial charge in [-0.25, -0.2) is 0 Å². The van der Waals surface area contributed by atoms with Gasteiger partial charge in [0.25, 0.3) is 0 Å². The molecule has 0 saturated carbocycles. The first kappa shape index (κ1) is 11.1. The SMILES string of the molecule is Cc1ccccc1C(N)c1cc2ccccn2c1. The summed E-state index contributed by atoms with van der Waals surface area (Å²) in [6.07, 6.45) is 4.15. The molecule has 0 saturated heterocycles. The third-order valence-electron chi connectivity index (χ3n) is 3.41. The van der Waals surface area contributed by atoms with Crippen LogP contribution in [0.15, 0.2) is 60.9 Å². The van der Waals surface area contributed by atoms with Crippen LogP contribution in [-0.2, 0) is 0 Å². The van der Waals surface area contributed by atoms with Crippen LogP contribution in [0.4, 0.5) is 0 Å². The topological polar surface area (TPSA) is 30.4 Å². The molecular formula is C16H16N2. The average molecular weight is 236 g/mol. The lowest BCUT2D eigenvalue weighted by Crippen LogP contribution is -2.12. The summed E-state index contributed by atoms with van der Waals surface area (Å²) in [5, 5.41) is 0. The second-order valence-corrected chi connectivity index (χ2v) is 4.64. The van der Waals surface area contributed by atoms with Gasteiger partial charge < -0.3 is 10.1 Å². The van der Waals surface area contributed by atoms with Gasteiger partial charge in [-0.15, -0.1) is 0 Å². The van der Waals surface area contributed by atoms with Crippen LogP contribution < -0.4 is 5.73 Å². The van der Waals surface area contributed by atoms with Crippen LogP contribution in [0.25, 0.3) is 5.52 Å². The highest BCUT2D eigenvalue weighted by Crippen LogP contribution is 2.24. The van der Waals surface area contributed by atoms with E-state index in [4.69, 9.17) is 5.73 Å². The van der Waals surface area contributed by atoms with Crippen LogP contribution in [0.3, 0.4) is 0 Å². The van der Waals surface area contributed by atoms with Crippen molar-refractivity contribution < 1.29 is 0 Å². The molecule has 90 valence electrons. The largest absolute Gasteiger partial charge is 0.324 e. The first-order chi connectivity index (χ1) is 8.75. The lowest BCUT2D eigenvalue weighted by molar-refractivity contribution is 0.861. The number of aromatic nitrogens is 1. The molecule has 2 heterocycles. The minimum atomic E-state index is -0.0638. The number of hydrogen-bond acceptors (Lipinski definition) is 1. The maximum absolute atomic E-state index is 6.37. The van der Waals surface area contributed by atoms with Crippen LogP contribution in [0.2, 0.25) is 0 Å². The molecule has 0 aliphatic heterocycles. The first-order valence-corrected chi connectivity index (χ1v) is 6.13. The van der Waals surface area contributed by atoms with E-state index in [1.165, 1.54) is 16.6 Å². The fraction of sp³-hybridized carbons (Fsp3) is 0.125. The number of rotatable bonds is 2. The fourth-order valence-electron chi connectivity index (χ4n) is 2.36. The monoisotopic (exact) mass is 236 g/mol. The molecule has 2 nitrogen and oxygen atoms in total. The Kier molecular flexibility index (Phi) is 2.65. The molecular weight excluding hydrogens is 220 g/mol. The molecule has 2 N–H and O–H groups in total.